The van der Waals surface area contributed by atoms with Gasteiger partial charge in [-0.15, -0.1) is 24.0 Å². The molecule has 0 heterocycles. The molecule has 0 fully saturated rings. The Bertz CT molecular complexity index is 717. The van der Waals surface area contributed by atoms with E-state index in [0.717, 1.165) is 12.2 Å². The first-order valence-corrected chi connectivity index (χ1v) is 8.34. The first kappa shape index (κ1) is 22.2. The number of rotatable bonds is 7. The summed E-state index contributed by atoms with van der Waals surface area (Å²) in [6, 6.07) is 14.7. The van der Waals surface area contributed by atoms with Crippen molar-refractivity contribution in [1.82, 2.24) is 5.32 Å². The van der Waals surface area contributed by atoms with Crippen molar-refractivity contribution in [3.8, 4) is 5.75 Å². The Morgan fingerprint density at radius 2 is 1.81 bits per heavy atom. The second-order valence-corrected chi connectivity index (χ2v) is 6.59. The number of hydrogen-bond acceptors (Lipinski definition) is 2. The zero-order chi connectivity index (χ0) is 18.3. The Balaban J connectivity index is 0.00000338. The molecule has 0 bridgehead atoms. The molecule has 2 aromatic carbocycles. The first-order valence-electron chi connectivity index (χ1n) is 8.34. The molecule has 0 saturated heterocycles. The van der Waals surface area contributed by atoms with E-state index in [4.69, 9.17) is 10.5 Å². The molecule has 6 heteroatoms. The van der Waals surface area contributed by atoms with Crippen LogP contribution >= 0.6 is 24.0 Å². The van der Waals surface area contributed by atoms with E-state index in [1.165, 1.54) is 11.6 Å². The van der Waals surface area contributed by atoms with Gasteiger partial charge in [0.1, 0.15) is 11.6 Å². The number of ether oxygens (including phenoxy) is 1. The third-order valence-electron chi connectivity index (χ3n) is 4.13. The highest BCUT2D eigenvalue weighted by Crippen LogP contribution is 2.25. The fraction of sp³-hybridized carbons (Fsp3) is 0.350. The van der Waals surface area contributed by atoms with Crippen molar-refractivity contribution in [2.75, 3.05) is 20.2 Å². The van der Waals surface area contributed by atoms with Crippen LogP contribution in [0.2, 0.25) is 0 Å². The predicted molar refractivity (Wildman–Crippen MR) is 116 cm³/mol. The Labute approximate surface area is 172 Å². The van der Waals surface area contributed by atoms with Crippen molar-refractivity contribution in [3.05, 3.63) is 65.5 Å². The molecule has 0 unspecified atom stereocenters. The van der Waals surface area contributed by atoms with Crippen LogP contribution in [0.25, 0.3) is 0 Å². The van der Waals surface area contributed by atoms with Crippen molar-refractivity contribution in [1.29, 1.82) is 0 Å². The van der Waals surface area contributed by atoms with Crippen molar-refractivity contribution < 1.29 is 9.13 Å². The summed E-state index contributed by atoms with van der Waals surface area (Å²) in [6.07, 6.45) is 0.830. The van der Waals surface area contributed by atoms with Gasteiger partial charge >= 0.3 is 0 Å². The zero-order valence-corrected chi connectivity index (χ0v) is 17.8. The molecular formula is C20H27FIN3O. The normalized spacial score (nSPS) is 11.6. The van der Waals surface area contributed by atoms with Crippen LogP contribution in [-0.2, 0) is 11.8 Å². The number of hydrogen-bond donors (Lipinski definition) is 2. The number of nitrogens with two attached hydrogens (primary N) is 1. The number of nitrogens with zero attached hydrogens (tertiary/aromatic N) is 1. The maximum Gasteiger partial charge on any atom is 0.188 e. The number of guanidine groups is 1. The minimum atomic E-state index is -0.423. The molecule has 0 spiro atoms. The van der Waals surface area contributed by atoms with E-state index in [0.29, 0.717) is 24.6 Å². The smallest absolute Gasteiger partial charge is 0.188 e. The first-order chi connectivity index (χ1) is 11.9. The molecule has 0 aliphatic rings. The molecule has 0 aromatic heterocycles. The number of benzene rings is 2. The minimum Gasteiger partial charge on any atom is -0.497 e. The highest BCUT2D eigenvalue weighted by molar-refractivity contribution is 14.0. The Hall–Kier alpha value is -1.83. The zero-order valence-electron chi connectivity index (χ0n) is 15.5. The van der Waals surface area contributed by atoms with Crippen molar-refractivity contribution in [2.24, 2.45) is 10.7 Å². The van der Waals surface area contributed by atoms with E-state index in [1.807, 2.05) is 44.2 Å². The van der Waals surface area contributed by atoms with Gasteiger partial charge in [-0.05, 0) is 35.7 Å². The van der Waals surface area contributed by atoms with Crippen LogP contribution in [0, 0.1) is 5.82 Å². The van der Waals surface area contributed by atoms with Gasteiger partial charge in [-0.25, -0.2) is 4.39 Å². The highest BCUT2D eigenvalue weighted by Gasteiger charge is 2.23. The number of halogens is 2. The number of methoxy groups -OCH3 is 1. The molecule has 142 valence electrons. The molecule has 0 radical (unpaired) electrons. The largest absolute Gasteiger partial charge is 0.497 e. The van der Waals surface area contributed by atoms with Gasteiger partial charge in [0.15, 0.2) is 5.96 Å². The summed E-state index contributed by atoms with van der Waals surface area (Å²) in [7, 11) is 1.65. The molecule has 0 aliphatic carbocycles. The second-order valence-electron chi connectivity index (χ2n) is 6.59. The molecule has 0 atom stereocenters. The average Bonchev–Trinajstić information content (AvgIpc) is 2.61. The van der Waals surface area contributed by atoms with Gasteiger partial charge in [0, 0.05) is 12.0 Å². The fourth-order valence-electron chi connectivity index (χ4n) is 2.56. The van der Waals surface area contributed by atoms with Crippen LogP contribution in [0.1, 0.15) is 25.0 Å². The summed E-state index contributed by atoms with van der Waals surface area (Å²) in [5.41, 5.74) is 7.34. The van der Waals surface area contributed by atoms with Gasteiger partial charge < -0.3 is 15.8 Å². The summed E-state index contributed by atoms with van der Waals surface area (Å²) in [6.45, 7) is 5.01. The third-order valence-corrected chi connectivity index (χ3v) is 4.13. The Kier molecular flexibility index (Phi) is 8.84. The van der Waals surface area contributed by atoms with Crippen molar-refractivity contribution in [3.63, 3.8) is 0 Å². The summed E-state index contributed by atoms with van der Waals surface area (Å²) >= 11 is 0. The van der Waals surface area contributed by atoms with Gasteiger partial charge in [-0.2, -0.15) is 0 Å². The molecule has 4 nitrogen and oxygen atoms in total. The van der Waals surface area contributed by atoms with E-state index in [1.54, 1.807) is 19.2 Å². The summed E-state index contributed by atoms with van der Waals surface area (Å²) < 4.78 is 19.1. The average molecular weight is 471 g/mol. The van der Waals surface area contributed by atoms with E-state index in [9.17, 15) is 4.39 Å². The van der Waals surface area contributed by atoms with E-state index in [2.05, 4.69) is 10.3 Å². The van der Waals surface area contributed by atoms with Crippen LogP contribution in [0.4, 0.5) is 4.39 Å². The standard InChI is InChI=1S/C20H26FN3O.HI/c1-20(2,17-6-4-5-7-18(17)21)14-24-19(22)23-13-12-15-8-10-16(25-3)11-9-15;/h4-11H,12-14H2,1-3H3,(H3,22,23,24);1H. The van der Waals surface area contributed by atoms with Gasteiger partial charge in [-0.1, -0.05) is 44.2 Å². The van der Waals surface area contributed by atoms with Crippen LogP contribution in [0.5, 0.6) is 5.75 Å². The van der Waals surface area contributed by atoms with Gasteiger partial charge in [-0.3, -0.25) is 4.99 Å². The molecule has 26 heavy (non-hydrogen) atoms. The molecule has 0 amide bonds. The molecular weight excluding hydrogens is 444 g/mol. The summed E-state index contributed by atoms with van der Waals surface area (Å²) in [4.78, 5) is 4.37. The second kappa shape index (κ2) is 10.4. The summed E-state index contributed by atoms with van der Waals surface area (Å²) in [5, 5.41) is 3.10. The quantitative estimate of drug-likeness (QED) is 0.366. The summed E-state index contributed by atoms with van der Waals surface area (Å²) in [5.74, 6) is 1.000. The minimum absolute atomic E-state index is 0. The SMILES string of the molecule is COc1ccc(CCNC(N)=NCC(C)(C)c2ccccc2F)cc1.I. The van der Waals surface area contributed by atoms with Crippen LogP contribution in [0.3, 0.4) is 0 Å². The van der Waals surface area contributed by atoms with E-state index < -0.39 is 5.41 Å². The lowest BCUT2D eigenvalue weighted by Gasteiger charge is -2.23. The maximum atomic E-state index is 13.9. The van der Waals surface area contributed by atoms with Crippen LogP contribution < -0.4 is 15.8 Å². The molecule has 2 rings (SSSR count). The van der Waals surface area contributed by atoms with Crippen LogP contribution in [0.15, 0.2) is 53.5 Å². The lowest BCUT2D eigenvalue weighted by Crippen LogP contribution is -2.35. The Morgan fingerprint density at radius 1 is 1.15 bits per heavy atom. The van der Waals surface area contributed by atoms with Gasteiger partial charge in [0.25, 0.3) is 0 Å². The molecule has 3 N–H and O–H groups in total. The lowest BCUT2D eigenvalue weighted by atomic mass is 9.84. The number of nitrogens with one attached hydrogen (secondary N) is 1. The Morgan fingerprint density at radius 3 is 2.42 bits per heavy atom. The molecule has 0 aliphatic heterocycles. The molecule has 0 saturated carbocycles. The van der Waals surface area contributed by atoms with Crippen molar-refractivity contribution in [2.45, 2.75) is 25.7 Å². The maximum absolute atomic E-state index is 13.9. The van der Waals surface area contributed by atoms with Gasteiger partial charge in [0.2, 0.25) is 0 Å². The van der Waals surface area contributed by atoms with Crippen LogP contribution in [-0.4, -0.2) is 26.2 Å². The topological polar surface area (TPSA) is 59.6 Å². The molecule has 2 aromatic rings. The van der Waals surface area contributed by atoms with Crippen molar-refractivity contribution >= 4 is 29.9 Å². The lowest BCUT2D eigenvalue weighted by molar-refractivity contribution is 0.414. The predicted octanol–water partition coefficient (Wildman–Crippen LogP) is 3.88. The monoisotopic (exact) mass is 471 g/mol. The number of aliphatic imine (C=N–C) groups is 1. The van der Waals surface area contributed by atoms with E-state index >= 15 is 0 Å². The third kappa shape index (κ3) is 6.48. The van der Waals surface area contributed by atoms with E-state index in [-0.39, 0.29) is 29.8 Å². The van der Waals surface area contributed by atoms with Gasteiger partial charge in [0.05, 0.1) is 13.7 Å². The fourth-order valence-corrected chi connectivity index (χ4v) is 2.56. The highest BCUT2D eigenvalue weighted by atomic mass is 127.